The van der Waals surface area contributed by atoms with Gasteiger partial charge in [-0.25, -0.2) is 9.00 Å². The normalized spacial score (nSPS) is 20.3. The minimum atomic E-state index is -1.80. The summed E-state index contributed by atoms with van der Waals surface area (Å²) in [6, 6.07) is 9.49. The van der Waals surface area contributed by atoms with Crippen molar-refractivity contribution in [3.63, 3.8) is 0 Å². The first-order valence-electron chi connectivity index (χ1n) is 6.18. The van der Waals surface area contributed by atoms with Crippen LogP contribution in [0.25, 0.3) is 0 Å². The van der Waals surface area contributed by atoms with Crippen LogP contribution in [0.5, 0.6) is 0 Å². The van der Waals surface area contributed by atoms with Crippen LogP contribution < -0.4 is 0 Å². The van der Waals surface area contributed by atoms with E-state index in [4.69, 9.17) is 9.29 Å². The molecule has 0 saturated carbocycles. The van der Waals surface area contributed by atoms with Gasteiger partial charge >= 0.3 is 6.09 Å². The Bertz CT molecular complexity index is 451. The summed E-state index contributed by atoms with van der Waals surface area (Å²) in [5.41, 5.74) is 0.947. The first kappa shape index (κ1) is 14.0. The molecule has 2 atom stereocenters. The van der Waals surface area contributed by atoms with Crippen molar-refractivity contribution in [1.29, 1.82) is 0 Å². The molecule has 0 aliphatic carbocycles. The molecule has 1 saturated heterocycles. The largest absolute Gasteiger partial charge is 0.445 e. The zero-order valence-electron chi connectivity index (χ0n) is 10.5. The Morgan fingerprint density at radius 2 is 2.16 bits per heavy atom. The highest BCUT2D eigenvalue weighted by molar-refractivity contribution is 7.79. The van der Waals surface area contributed by atoms with E-state index in [9.17, 15) is 9.00 Å². The molecule has 1 amide bonds. The summed E-state index contributed by atoms with van der Waals surface area (Å²) in [5, 5.41) is 0. The van der Waals surface area contributed by atoms with E-state index < -0.39 is 11.1 Å². The van der Waals surface area contributed by atoms with Crippen molar-refractivity contribution in [2.75, 3.05) is 18.8 Å². The highest BCUT2D eigenvalue weighted by Crippen LogP contribution is 2.18. The molecule has 1 fully saturated rings. The monoisotopic (exact) mass is 283 g/mol. The third-order valence-electron chi connectivity index (χ3n) is 3.13. The van der Waals surface area contributed by atoms with Crippen LogP contribution in [-0.2, 0) is 22.4 Å². The van der Waals surface area contributed by atoms with Gasteiger partial charge < -0.3 is 14.2 Å². The highest BCUT2D eigenvalue weighted by Gasteiger charge is 2.28. The van der Waals surface area contributed by atoms with Crippen LogP contribution >= 0.6 is 0 Å². The molecule has 0 aromatic heterocycles. The average molecular weight is 283 g/mol. The van der Waals surface area contributed by atoms with E-state index in [-0.39, 0.29) is 24.4 Å². The van der Waals surface area contributed by atoms with E-state index >= 15 is 0 Å². The summed E-state index contributed by atoms with van der Waals surface area (Å²) in [4.78, 5) is 13.4. The first-order chi connectivity index (χ1) is 9.15. The van der Waals surface area contributed by atoms with Gasteiger partial charge in [0, 0.05) is 13.1 Å². The van der Waals surface area contributed by atoms with Gasteiger partial charge in [0.15, 0.2) is 11.1 Å². The maximum absolute atomic E-state index is 11.8. The van der Waals surface area contributed by atoms with Gasteiger partial charge in [-0.05, 0) is 17.9 Å². The lowest BCUT2D eigenvalue weighted by Gasteiger charge is -2.16. The first-order valence-corrected chi connectivity index (χ1v) is 7.46. The predicted molar refractivity (Wildman–Crippen MR) is 71.9 cm³/mol. The van der Waals surface area contributed by atoms with Crippen LogP contribution in [-0.4, -0.2) is 38.6 Å². The number of amides is 1. The Kier molecular flexibility index (Phi) is 4.93. The topological polar surface area (TPSA) is 66.8 Å². The summed E-state index contributed by atoms with van der Waals surface area (Å²) >= 11 is -1.80. The maximum Gasteiger partial charge on any atom is 0.410 e. The second-order valence-electron chi connectivity index (χ2n) is 4.63. The van der Waals surface area contributed by atoms with Gasteiger partial charge in [0.2, 0.25) is 0 Å². The fourth-order valence-electron chi connectivity index (χ4n) is 2.15. The second-order valence-corrected chi connectivity index (χ2v) is 5.61. The van der Waals surface area contributed by atoms with E-state index in [0.717, 1.165) is 12.0 Å². The Labute approximate surface area is 114 Å². The van der Waals surface area contributed by atoms with Gasteiger partial charge in [0.25, 0.3) is 0 Å². The van der Waals surface area contributed by atoms with Crippen LogP contribution in [0.15, 0.2) is 30.3 Å². The molecule has 0 radical (unpaired) electrons. The fourth-order valence-corrected chi connectivity index (χ4v) is 2.82. The number of hydrogen-bond acceptors (Lipinski definition) is 3. The van der Waals surface area contributed by atoms with Crippen molar-refractivity contribution in [3.8, 4) is 0 Å². The maximum atomic E-state index is 11.8. The Hall–Kier alpha value is -1.40. The molecule has 104 valence electrons. The number of likely N-dealkylation sites (tertiary alicyclic amines) is 1. The van der Waals surface area contributed by atoms with Gasteiger partial charge in [0.05, 0.1) is 5.75 Å². The van der Waals surface area contributed by atoms with E-state index in [1.165, 1.54) is 0 Å². The van der Waals surface area contributed by atoms with Gasteiger partial charge in [-0.3, -0.25) is 0 Å². The minimum absolute atomic E-state index is 0.0927. The molecule has 1 aromatic rings. The van der Waals surface area contributed by atoms with E-state index in [2.05, 4.69) is 0 Å². The molecule has 19 heavy (non-hydrogen) atoms. The van der Waals surface area contributed by atoms with E-state index in [0.29, 0.717) is 13.1 Å². The number of carbonyl (C=O) groups is 1. The minimum Gasteiger partial charge on any atom is -0.445 e. The van der Waals surface area contributed by atoms with Crippen LogP contribution in [0, 0.1) is 5.92 Å². The van der Waals surface area contributed by atoms with Gasteiger partial charge in [-0.1, -0.05) is 30.3 Å². The Morgan fingerprint density at radius 3 is 2.84 bits per heavy atom. The zero-order chi connectivity index (χ0) is 13.7. The van der Waals surface area contributed by atoms with Crippen LogP contribution in [0.3, 0.4) is 0 Å². The van der Waals surface area contributed by atoms with Crippen molar-refractivity contribution in [2.45, 2.75) is 13.0 Å². The number of carbonyl (C=O) groups excluding carboxylic acids is 1. The van der Waals surface area contributed by atoms with E-state index in [1.54, 1.807) is 4.90 Å². The molecule has 2 rings (SSSR count). The van der Waals surface area contributed by atoms with Gasteiger partial charge in [-0.2, -0.15) is 0 Å². The summed E-state index contributed by atoms with van der Waals surface area (Å²) < 4.78 is 24.8. The number of benzene rings is 1. The Balaban J connectivity index is 1.77. The molecular formula is C13H17NO4S. The van der Waals surface area contributed by atoms with Crippen LogP contribution in [0.2, 0.25) is 0 Å². The number of nitrogens with zero attached hydrogens (tertiary/aromatic N) is 1. The second kappa shape index (κ2) is 6.68. The van der Waals surface area contributed by atoms with Crippen LogP contribution in [0.4, 0.5) is 4.79 Å². The molecule has 1 aliphatic rings. The summed E-state index contributed by atoms with van der Waals surface area (Å²) in [6.07, 6.45) is 0.405. The Morgan fingerprint density at radius 1 is 1.42 bits per heavy atom. The number of hydrogen-bond donors (Lipinski definition) is 1. The molecule has 6 heteroatoms. The summed E-state index contributed by atoms with van der Waals surface area (Å²) in [6.45, 7) is 1.35. The van der Waals surface area contributed by atoms with Gasteiger partial charge in [-0.15, -0.1) is 0 Å². The average Bonchev–Trinajstić information content (AvgIpc) is 2.85. The number of rotatable bonds is 4. The van der Waals surface area contributed by atoms with Crippen LogP contribution in [0.1, 0.15) is 12.0 Å². The lowest BCUT2D eigenvalue weighted by atomic mass is 10.2. The quantitative estimate of drug-likeness (QED) is 0.857. The molecule has 0 bridgehead atoms. The fraction of sp³-hybridized carbons (Fsp3) is 0.462. The van der Waals surface area contributed by atoms with Crippen molar-refractivity contribution < 1.29 is 18.3 Å². The summed E-state index contributed by atoms with van der Waals surface area (Å²) in [5.74, 6) is 0.317. The predicted octanol–water partition coefficient (Wildman–Crippen LogP) is 1.87. The summed E-state index contributed by atoms with van der Waals surface area (Å²) in [7, 11) is 0. The zero-order valence-corrected chi connectivity index (χ0v) is 11.3. The van der Waals surface area contributed by atoms with Crippen molar-refractivity contribution in [1.82, 2.24) is 4.90 Å². The van der Waals surface area contributed by atoms with Crippen molar-refractivity contribution >= 4 is 17.2 Å². The molecule has 1 heterocycles. The van der Waals surface area contributed by atoms with E-state index in [1.807, 2.05) is 30.3 Å². The number of ether oxygens (including phenoxy) is 1. The lowest BCUT2D eigenvalue weighted by Crippen LogP contribution is -2.29. The molecule has 1 N–H and O–H groups in total. The molecule has 1 aromatic carbocycles. The third-order valence-corrected chi connectivity index (χ3v) is 3.88. The molecule has 5 nitrogen and oxygen atoms in total. The standard InChI is InChI=1S/C13H17NO4S/c15-13(18-9-11-4-2-1-3-5-11)14-7-6-12(8-14)10-19(16)17/h1-5,12H,6-10H2,(H,16,17). The third kappa shape index (κ3) is 4.33. The smallest absolute Gasteiger partial charge is 0.410 e. The molecule has 1 aliphatic heterocycles. The molecule has 0 spiro atoms. The SMILES string of the molecule is O=C(OCc1ccccc1)N1CCC(CS(=O)O)C1. The highest BCUT2D eigenvalue weighted by atomic mass is 32.2. The molecular weight excluding hydrogens is 266 g/mol. The molecule has 2 unspecified atom stereocenters. The lowest BCUT2D eigenvalue weighted by molar-refractivity contribution is 0.103. The van der Waals surface area contributed by atoms with Crippen molar-refractivity contribution in [3.05, 3.63) is 35.9 Å². The van der Waals surface area contributed by atoms with Gasteiger partial charge in [0.1, 0.15) is 6.61 Å². The van der Waals surface area contributed by atoms with Crippen molar-refractivity contribution in [2.24, 2.45) is 5.92 Å².